The lowest BCUT2D eigenvalue weighted by atomic mass is 10.2. The van der Waals surface area contributed by atoms with Crippen molar-refractivity contribution < 1.29 is 4.79 Å². The zero-order chi connectivity index (χ0) is 11.3. The Kier molecular flexibility index (Phi) is 1.89. The summed E-state index contributed by atoms with van der Waals surface area (Å²) < 4.78 is 0. The molecule has 1 fully saturated rings. The molecule has 0 spiro atoms. The maximum absolute atomic E-state index is 11.3. The number of nitrogens with zero attached hydrogens (tertiary/aromatic N) is 2. The highest BCUT2D eigenvalue weighted by Crippen LogP contribution is 2.40. The Bertz CT molecular complexity index is 484. The van der Waals surface area contributed by atoms with Gasteiger partial charge in [0.05, 0.1) is 6.42 Å². The fraction of sp³-hybridized carbons (Fsp3) is 0.500. The number of aromatic nitrogens is 2. The summed E-state index contributed by atoms with van der Waals surface area (Å²) in [6.45, 7) is 2.12. The van der Waals surface area contributed by atoms with Crippen molar-refractivity contribution in [1.82, 2.24) is 9.97 Å². The van der Waals surface area contributed by atoms with Crippen molar-refractivity contribution in [2.24, 2.45) is 0 Å². The van der Waals surface area contributed by atoms with Gasteiger partial charge in [-0.15, -0.1) is 0 Å². The van der Waals surface area contributed by atoms with Crippen LogP contribution in [0.1, 0.15) is 25.3 Å². The monoisotopic (exact) mass is 238 g/mol. The van der Waals surface area contributed by atoms with Crippen LogP contribution in [0, 0.1) is 0 Å². The van der Waals surface area contributed by atoms with E-state index in [0.717, 1.165) is 18.4 Å². The summed E-state index contributed by atoms with van der Waals surface area (Å²) in [6.07, 6.45) is 2.56. The Morgan fingerprint density at radius 2 is 2.19 bits per heavy atom. The Morgan fingerprint density at radius 1 is 1.44 bits per heavy atom. The summed E-state index contributed by atoms with van der Waals surface area (Å²) in [4.78, 5) is 19.4. The molecule has 16 heavy (non-hydrogen) atoms. The Balaban J connectivity index is 2.01. The molecule has 6 heteroatoms. The fourth-order valence-corrected chi connectivity index (χ4v) is 1.94. The zero-order valence-electron chi connectivity index (χ0n) is 8.80. The minimum absolute atomic E-state index is 0.0597. The van der Waals surface area contributed by atoms with Gasteiger partial charge in [-0.25, -0.2) is 4.98 Å². The predicted octanol–water partition coefficient (Wildman–Crippen LogP) is 1.59. The largest absolute Gasteiger partial charge is 0.364 e. The molecule has 1 aromatic rings. The van der Waals surface area contributed by atoms with Crippen molar-refractivity contribution in [3.63, 3.8) is 0 Å². The first-order valence-corrected chi connectivity index (χ1v) is 5.58. The van der Waals surface area contributed by atoms with Gasteiger partial charge >= 0.3 is 0 Å². The van der Waals surface area contributed by atoms with Crippen molar-refractivity contribution >= 4 is 29.1 Å². The molecule has 0 bridgehead atoms. The first-order chi connectivity index (χ1) is 7.56. The molecular weight excluding hydrogens is 228 g/mol. The molecule has 2 aliphatic rings. The second-order valence-electron chi connectivity index (χ2n) is 4.58. The first-order valence-electron chi connectivity index (χ1n) is 5.20. The molecule has 0 radical (unpaired) electrons. The van der Waals surface area contributed by atoms with Gasteiger partial charge in [-0.2, -0.15) is 4.98 Å². The van der Waals surface area contributed by atoms with E-state index in [-0.39, 0.29) is 16.7 Å². The van der Waals surface area contributed by atoms with Crippen molar-refractivity contribution in [2.45, 2.75) is 31.7 Å². The van der Waals surface area contributed by atoms with E-state index in [1.165, 1.54) is 0 Å². The molecule has 84 valence electrons. The van der Waals surface area contributed by atoms with E-state index in [9.17, 15) is 4.79 Å². The minimum atomic E-state index is -0.0597. The Labute approximate surface area is 97.6 Å². The van der Waals surface area contributed by atoms with E-state index >= 15 is 0 Å². The Morgan fingerprint density at radius 3 is 2.88 bits per heavy atom. The molecule has 2 heterocycles. The highest BCUT2D eigenvalue weighted by Gasteiger charge is 2.39. The van der Waals surface area contributed by atoms with E-state index in [1.807, 2.05) is 0 Å². The maximum Gasteiger partial charge on any atom is 0.230 e. The molecule has 5 nitrogen and oxygen atoms in total. The molecule has 1 aliphatic heterocycles. The van der Waals surface area contributed by atoms with Crippen molar-refractivity contribution in [2.75, 3.05) is 10.6 Å². The van der Waals surface area contributed by atoms with Crippen LogP contribution in [0.4, 0.5) is 11.6 Å². The number of nitrogens with one attached hydrogen (secondary N) is 2. The molecule has 1 aromatic heterocycles. The van der Waals surface area contributed by atoms with Gasteiger partial charge in [0.2, 0.25) is 11.2 Å². The second kappa shape index (κ2) is 3.07. The van der Waals surface area contributed by atoms with Crippen LogP contribution in [0.5, 0.6) is 0 Å². The second-order valence-corrected chi connectivity index (χ2v) is 4.92. The molecule has 1 amide bonds. The quantitative estimate of drug-likeness (QED) is 0.768. The number of fused-ring (bicyclic) bond motifs is 1. The van der Waals surface area contributed by atoms with Gasteiger partial charge in [-0.1, -0.05) is 0 Å². The van der Waals surface area contributed by atoms with Crippen LogP contribution in [0.15, 0.2) is 0 Å². The van der Waals surface area contributed by atoms with Gasteiger partial charge in [0, 0.05) is 11.1 Å². The van der Waals surface area contributed by atoms with Gasteiger partial charge in [-0.05, 0) is 31.4 Å². The average molecular weight is 239 g/mol. The standard InChI is InChI=1S/C10H11ClN4O/c1-10(2-3-10)15-8-5-4-6(16)12-7(5)13-9(11)14-8/h2-4H2,1H3,(H2,12,13,14,15,16). The summed E-state index contributed by atoms with van der Waals surface area (Å²) in [5.74, 6) is 1.17. The van der Waals surface area contributed by atoms with Gasteiger partial charge in [0.1, 0.15) is 11.6 Å². The Hall–Kier alpha value is -1.36. The third-order valence-corrected chi connectivity index (χ3v) is 3.16. The number of rotatable bonds is 2. The normalized spacial score (nSPS) is 20.2. The molecule has 2 N–H and O–H groups in total. The number of carbonyl (C=O) groups excluding carboxylic acids is 1. The van der Waals surface area contributed by atoms with Gasteiger partial charge < -0.3 is 10.6 Å². The fourth-order valence-electron chi connectivity index (χ4n) is 1.77. The van der Waals surface area contributed by atoms with Crippen LogP contribution >= 0.6 is 11.6 Å². The van der Waals surface area contributed by atoms with Crippen LogP contribution < -0.4 is 10.6 Å². The number of halogens is 1. The van der Waals surface area contributed by atoms with Crippen LogP contribution in [-0.2, 0) is 11.2 Å². The van der Waals surface area contributed by atoms with Crippen LogP contribution in [0.2, 0.25) is 5.28 Å². The smallest absolute Gasteiger partial charge is 0.230 e. The molecular formula is C10H11ClN4O. The highest BCUT2D eigenvalue weighted by molar-refractivity contribution is 6.28. The number of anilines is 2. The van der Waals surface area contributed by atoms with E-state index in [2.05, 4.69) is 27.5 Å². The molecule has 0 unspecified atom stereocenters. The summed E-state index contributed by atoms with van der Waals surface area (Å²) in [5, 5.41) is 6.16. The lowest BCUT2D eigenvalue weighted by molar-refractivity contribution is -0.115. The van der Waals surface area contributed by atoms with Crippen LogP contribution in [0.3, 0.4) is 0 Å². The zero-order valence-corrected chi connectivity index (χ0v) is 9.56. The summed E-state index contributed by atoms with van der Waals surface area (Å²) in [7, 11) is 0. The molecule has 1 aliphatic carbocycles. The predicted molar refractivity (Wildman–Crippen MR) is 60.6 cm³/mol. The molecule has 0 atom stereocenters. The topological polar surface area (TPSA) is 66.9 Å². The van der Waals surface area contributed by atoms with Crippen molar-refractivity contribution in [1.29, 1.82) is 0 Å². The number of hydrogen-bond acceptors (Lipinski definition) is 4. The van der Waals surface area contributed by atoms with Gasteiger partial charge in [0.15, 0.2) is 0 Å². The maximum atomic E-state index is 11.3. The highest BCUT2D eigenvalue weighted by atomic mass is 35.5. The third kappa shape index (κ3) is 1.61. The SMILES string of the molecule is CC1(Nc2nc(Cl)nc3c2CC(=O)N3)CC1. The lowest BCUT2D eigenvalue weighted by Gasteiger charge is -2.14. The van der Waals surface area contributed by atoms with E-state index in [0.29, 0.717) is 18.1 Å². The molecule has 3 rings (SSSR count). The minimum Gasteiger partial charge on any atom is -0.364 e. The molecule has 0 aromatic carbocycles. The van der Waals surface area contributed by atoms with Gasteiger partial charge in [-0.3, -0.25) is 4.79 Å². The van der Waals surface area contributed by atoms with E-state index < -0.39 is 0 Å². The summed E-state index contributed by atoms with van der Waals surface area (Å²) >= 11 is 5.81. The first kappa shape index (κ1) is 9.84. The van der Waals surface area contributed by atoms with Gasteiger partial charge in [0.25, 0.3) is 0 Å². The lowest BCUT2D eigenvalue weighted by Crippen LogP contribution is -2.18. The van der Waals surface area contributed by atoms with Crippen LogP contribution in [0.25, 0.3) is 0 Å². The van der Waals surface area contributed by atoms with E-state index in [4.69, 9.17) is 11.6 Å². The summed E-state index contributed by atoms with van der Waals surface area (Å²) in [6, 6.07) is 0. The van der Waals surface area contributed by atoms with Crippen molar-refractivity contribution in [3.05, 3.63) is 10.8 Å². The summed E-state index contributed by atoms with van der Waals surface area (Å²) in [5.41, 5.74) is 0.930. The molecule has 1 saturated carbocycles. The molecule has 0 saturated heterocycles. The number of amides is 1. The van der Waals surface area contributed by atoms with E-state index in [1.54, 1.807) is 0 Å². The number of carbonyl (C=O) groups is 1. The van der Waals surface area contributed by atoms with Crippen molar-refractivity contribution in [3.8, 4) is 0 Å². The third-order valence-electron chi connectivity index (χ3n) is 3.00. The number of hydrogen-bond donors (Lipinski definition) is 2. The average Bonchev–Trinajstić information content (AvgIpc) is 2.76. The van der Waals surface area contributed by atoms with Crippen LogP contribution in [-0.4, -0.2) is 21.4 Å².